The van der Waals surface area contributed by atoms with Crippen LogP contribution in [-0.2, 0) is 0 Å². The Balaban J connectivity index is 2.81. The van der Waals surface area contributed by atoms with E-state index in [1.54, 1.807) is 7.11 Å². The molecule has 1 aromatic carbocycles. The van der Waals surface area contributed by atoms with E-state index in [0.29, 0.717) is 11.8 Å². The number of hydrogen-bond donors (Lipinski definition) is 1. The normalized spacial score (nSPS) is 12.9. The summed E-state index contributed by atoms with van der Waals surface area (Å²) < 4.78 is 5.15. The third kappa shape index (κ3) is 3.24. The molecular weight excluding hydrogens is 186 g/mol. The zero-order chi connectivity index (χ0) is 11.3. The highest BCUT2D eigenvalue weighted by molar-refractivity contribution is 5.29. The van der Waals surface area contributed by atoms with Crippen LogP contribution >= 0.6 is 0 Å². The standard InChI is InChI=1S/C13H21NO/c1-10(2)13(9-14-3)11-5-7-12(15-4)8-6-11/h5-8,10,13-14H,9H2,1-4H3. The monoisotopic (exact) mass is 207 g/mol. The molecule has 2 heteroatoms. The van der Waals surface area contributed by atoms with Crippen molar-refractivity contribution in [2.24, 2.45) is 5.92 Å². The van der Waals surface area contributed by atoms with E-state index in [-0.39, 0.29) is 0 Å². The molecule has 0 amide bonds. The van der Waals surface area contributed by atoms with Crippen LogP contribution in [0, 0.1) is 5.92 Å². The highest BCUT2D eigenvalue weighted by atomic mass is 16.5. The Bertz CT molecular complexity index is 279. The van der Waals surface area contributed by atoms with Crippen molar-refractivity contribution in [2.75, 3.05) is 20.7 Å². The lowest BCUT2D eigenvalue weighted by atomic mass is 9.88. The van der Waals surface area contributed by atoms with Gasteiger partial charge in [0.2, 0.25) is 0 Å². The highest BCUT2D eigenvalue weighted by Crippen LogP contribution is 2.25. The van der Waals surface area contributed by atoms with Crippen LogP contribution in [-0.4, -0.2) is 20.7 Å². The van der Waals surface area contributed by atoms with Crippen molar-refractivity contribution in [1.29, 1.82) is 0 Å². The number of rotatable bonds is 5. The molecule has 0 saturated carbocycles. The van der Waals surface area contributed by atoms with Crippen LogP contribution in [0.1, 0.15) is 25.3 Å². The largest absolute Gasteiger partial charge is 0.497 e. The number of benzene rings is 1. The van der Waals surface area contributed by atoms with Crippen molar-refractivity contribution >= 4 is 0 Å². The third-order valence-electron chi connectivity index (χ3n) is 2.77. The summed E-state index contributed by atoms with van der Waals surface area (Å²) in [5.74, 6) is 2.14. The fourth-order valence-corrected chi connectivity index (χ4v) is 1.81. The maximum Gasteiger partial charge on any atom is 0.118 e. The fourth-order valence-electron chi connectivity index (χ4n) is 1.81. The fraction of sp³-hybridized carbons (Fsp3) is 0.538. The van der Waals surface area contributed by atoms with Crippen LogP contribution in [0.5, 0.6) is 5.75 Å². The van der Waals surface area contributed by atoms with Crippen molar-refractivity contribution in [2.45, 2.75) is 19.8 Å². The van der Waals surface area contributed by atoms with Crippen LogP contribution < -0.4 is 10.1 Å². The van der Waals surface area contributed by atoms with E-state index in [1.165, 1.54) is 5.56 Å². The lowest BCUT2D eigenvalue weighted by molar-refractivity contribution is 0.413. The van der Waals surface area contributed by atoms with E-state index in [9.17, 15) is 0 Å². The summed E-state index contributed by atoms with van der Waals surface area (Å²) in [6, 6.07) is 8.36. The molecule has 1 N–H and O–H groups in total. The minimum atomic E-state index is 0.570. The summed E-state index contributed by atoms with van der Waals surface area (Å²) >= 11 is 0. The van der Waals surface area contributed by atoms with Gasteiger partial charge >= 0.3 is 0 Å². The van der Waals surface area contributed by atoms with Crippen LogP contribution in [0.25, 0.3) is 0 Å². The molecule has 1 unspecified atom stereocenters. The second-order valence-corrected chi connectivity index (χ2v) is 4.18. The quantitative estimate of drug-likeness (QED) is 0.801. The summed E-state index contributed by atoms with van der Waals surface area (Å²) in [6.45, 7) is 5.53. The molecule has 0 aliphatic carbocycles. The Hall–Kier alpha value is -1.02. The Labute approximate surface area is 92.6 Å². The molecule has 15 heavy (non-hydrogen) atoms. The summed E-state index contributed by atoms with van der Waals surface area (Å²) in [7, 11) is 3.70. The lowest BCUT2D eigenvalue weighted by Crippen LogP contribution is -2.21. The van der Waals surface area contributed by atoms with Gasteiger partial charge in [-0.15, -0.1) is 0 Å². The summed E-state index contributed by atoms with van der Waals surface area (Å²) in [5, 5.41) is 3.24. The molecule has 0 fully saturated rings. The van der Waals surface area contributed by atoms with Crippen LogP contribution in [0.15, 0.2) is 24.3 Å². The Morgan fingerprint density at radius 2 is 1.80 bits per heavy atom. The molecule has 0 bridgehead atoms. The smallest absolute Gasteiger partial charge is 0.118 e. The van der Waals surface area contributed by atoms with Gasteiger partial charge < -0.3 is 10.1 Å². The number of nitrogens with one attached hydrogen (secondary N) is 1. The molecule has 0 aliphatic heterocycles. The molecule has 0 aromatic heterocycles. The van der Waals surface area contributed by atoms with Gasteiger partial charge in [-0.05, 0) is 36.6 Å². The van der Waals surface area contributed by atoms with Gasteiger partial charge in [-0.25, -0.2) is 0 Å². The molecule has 2 nitrogen and oxygen atoms in total. The van der Waals surface area contributed by atoms with Crippen molar-refractivity contribution < 1.29 is 4.74 Å². The molecule has 0 heterocycles. The summed E-state index contributed by atoms with van der Waals surface area (Å²) in [6.07, 6.45) is 0. The maximum atomic E-state index is 5.15. The second-order valence-electron chi connectivity index (χ2n) is 4.18. The number of methoxy groups -OCH3 is 1. The van der Waals surface area contributed by atoms with Gasteiger partial charge in [0.15, 0.2) is 0 Å². The predicted molar refractivity (Wildman–Crippen MR) is 64.5 cm³/mol. The molecule has 0 spiro atoms. The molecule has 1 aromatic rings. The van der Waals surface area contributed by atoms with Crippen molar-refractivity contribution in [3.63, 3.8) is 0 Å². The number of ether oxygens (including phenoxy) is 1. The Morgan fingerprint density at radius 3 is 2.20 bits per heavy atom. The van der Waals surface area contributed by atoms with Crippen LogP contribution in [0.3, 0.4) is 0 Å². The molecule has 0 saturated heterocycles. The Morgan fingerprint density at radius 1 is 1.20 bits per heavy atom. The average Bonchev–Trinajstić information content (AvgIpc) is 2.26. The van der Waals surface area contributed by atoms with Crippen LogP contribution in [0.4, 0.5) is 0 Å². The van der Waals surface area contributed by atoms with Crippen molar-refractivity contribution in [3.05, 3.63) is 29.8 Å². The predicted octanol–water partition coefficient (Wildman–Crippen LogP) is 2.65. The van der Waals surface area contributed by atoms with E-state index in [0.717, 1.165) is 12.3 Å². The Kier molecular flexibility index (Phi) is 4.63. The minimum absolute atomic E-state index is 0.570. The SMILES string of the molecule is CNCC(c1ccc(OC)cc1)C(C)C. The zero-order valence-electron chi connectivity index (χ0n) is 10.1. The minimum Gasteiger partial charge on any atom is -0.497 e. The van der Waals surface area contributed by atoms with E-state index < -0.39 is 0 Å². The van der Waals surface area contributed by atoms with Crippen LogP contribution in [0.2, 0.25) is 0 Å². The molecule has 0 radical (unpaired) electrons. The topological polar surface area (TPSA) is 21.3 Å². The van der Waals surface area contributed by atoms with Gasteiger partial charge in [0, 0.05) is 6.54 Å². The third-order valence-corrected chi connectivity index (χ3v) is 2.77. The van der Waals surface area contributed by atoms with E-state index in [4.69, 9.17) is 4.74 Å². The van der Waals surface area contributed by atoms with Gasteiger partial charge in [0.25, 0.3) is 0 Å². The van der Waals surface area contributed by atoms with E-state index in [1.807, 2.05) is 19.2 Å². The second kappa shape index (κ2) is 5.76. The average molecular weight is 207 g/mol. The maximum absolute atomic E-state index is 5.15. The molecule has 0 aliphatic rings. The lowest BCUT2D eigenvalue weighted by Gasteiger charge is -2.21. The first-order valence-electron chi connectivity index (χ1n) is 5.47. The number of hydrogen-bond acceptors (Lipinski definition) is 2. The van der Waals surface area contributed by atoms with E-state index in [2.05, 4.69) is 31.3 Å². The first kappa shape index (κ1) is 12.1. The summed E-state index contributed by atoms with van der Waals surface area (Å²) in [5.41, 5.74) is 1.38. The van der Waals surface area contributed by atoms with Gasteiger partial charge in [-0.3, -0.25) is 0 Å². The first-order valence-corrected chi connectivity index (χ1v) is 5.47. The summed E-state index contributed by atoms with van der Waals surface area (Å²) in [4.78, 5) is 0. The molecular formula is C13H21NO. The van der Waals surface area contributed by atoms with Gasteiger partial charge in [-0.2, -0.15) is 0 Å². The zero-order valence-corrected chi connectivity index (χ0v) is 10.1. The van der Waals surface area contributed by atoms with Crippen molar-refractivity contribution in [1.82, 2.24) is 5.32 Å². The van der Waals surface area contributed by atoms with Gasteiger partial charge in [-0.1, -0.05) is 26.0 Å². The van der Waals surface area contributed by atoms with E-state index >= 15 is 0 Å². The molecule has 1 rings (SSSR count). The highest BCUT2D eigenvalue weighted by Gasteiger charge is 2.14. The molecule has 84 valence electrons. The van der Waals surface area contributed by atoms with Gasteiger partial charge in [0.05, 0.1) is 7.11 Å². The number of likely N-dealkylation sites (N-methyl/N-ethyl adjacent to an activating group) is 1. The van der Waals surface area contributed by atoms with Crippen molar-refractivity contribution in [3.8, 4) is 5.75 Å². The van der Waals surface area contributed by atoms with Gasteiger partial charge in [0.1, 0.15) is 5.75 Å². The first-order chi connectivity index (χ1) is 7.19. The molecule has 1 atom stereocenters.